The fourth-order valence-electron chi connectivity index (χ4n) is 2.94. The van der Waals surface area contributed by atoms with E-state index in [2.05, 4.69) is 20.2 Å². The standard InChI is InChI=1S/C20H18N6O4S2/c1-25(17-8-3-2-4-9-17)32(29,30)20-12-5-7-16(13-20)22-31(27,28)19-11-6-10-18(14-19)26-15-21-23-24-26/h2-15,22H,1H3. The third-order valence-electron chi connectivity index (χ3n) is 4.61. The highest BCUT2D eigenvalue weighted by Crippen LogP contribution is 2.25. The second-order valence-corrected chi connectivity index (χ2v) is 10.3. The summed E-state index contributed by atoms with van der Waals surface area (Å²) in [6.45, 7) is 0. The van der Waals surface area contributed by atoms with Crippen LogP contribution in [0.3, 0.4) is 0 Å². The predicted octanol–water partition coefficient (Wildman–Crippen LogP) is 2.29. The summed E-state index contributed by atoms with van der Waals surface area (Å²) in [4.78, 5) is -0.0772. The number of benzene rings is 3. The zero-order chi connectivity index (χ0) is 22.8. The zero-order valence-electron chi connectivity index (χ0n) is 16.8. The highest BCUT2D eigenvalue weighted by molar-refractivity contribution is 7.93. The van der Waals surface area contributed by atoms with E-state index in [1.807, 2.05) is 0 Å². The lowest BCUT2D eigenvalue weighted by Crippen LogP contribution is -2.26. The Morgan fingerprint density at radius 2 is 1.56 bits per heavy atom. The number of hydrogen-bond acceptors (Lipinski definition) is 7. The molecule has 1 heterocycles. The van der Waals surface area contributed by atoms with E-state index >= 15 is 0 Å². The van der Waals surface area contributed by atoms with Crippen LogP contribution in [0, 0.1) is 0 Å². The van der Waals surface area contributed by atoms with Gasteiger partial charge in [0, 0.05) is 7.05 Å². The van der Waals surface area contributed by atoms with Gasteiger partial charge >= 0.3 is 0 Å². The fraction of sp³-hybridized carbons (Fsp3) is 0.0500. The molecule has 0 spiro atoms. The smallest absolute Gasteiger partial charge is 0.264 e. The van der Waals surface area contributed by atoms with Crippen LogP contribution in [0.25, 0.3) is 5.69 Å². The maximum Gasteiger partial charge on any atom is 0.264 e. The van der Waals surface area contributed by atoms with Crippen LogP contribution in [0.1, 0.15) is 0 Å². The van der Waals surface area contributed by atoms with Gasteiger partial charge in [0.1, 0.15) is 6.33 Å². The van der Waals surface area contributed by atoms with E-state index in [1.54, 1.807) is 42.5 Å². The molecule has 1 N–H and O–H groups in total. The van der Waals surface area contributed by atoms with E-state index in [1.165, 1.54) is 54.5 Å². The first kappa shape index (κ1) is 21.5. The largest absolute Gasteiger partial charge is 0.280 e. The van der Waals surface area contributed by atoms with Crippen molar-refractivity contribution in [3.8, 4) is 5.69 Å². The SMILES string of the molecule is CN(c1ccccc1)S(=O)(=O)c1cccc(NS(=O)(=O)c2cccc(-n3cnnn3)c2)c1. The molecule has 0 unspecified atom stereocenters. The summed E-state index contributed by atoms with van der Waals surface area (Å²) in [5, 5.41) is 10.8. The minimum atomic E-state index is -4.00. The van der Waals surface area contributed by atoms with Crippen LogP contribution in [0.5, 0.6) is 0 Å². The molecule has 4 aromatic rings. The lowest BCUT2D eigenvalue weighted by atomic mass is 10.3. The Morgan fingerprint density at radius 1 is 0.844 bits per heavy atom. The van der Waals surface area contributed by atoms with Crippen molar-refractivity contribution >= 4 is 31.4 Å². The van der Waals surface area contributed by atoms with Gasteiger partial charge in [-0.1, -0.05) is 30.3 Å². The normalized spacial score (nSPS) is 11.8. The van der Waals surface area contributed by atoms with Crippen molar-refractivity contribution < 1.29 is 16.8 Å². The third-order valence-corrected chi connectivity index (χ3v) is 7.77. The van der Waals surface area contributed by atoms with E-state index in [-0.39, 0.29) is 15.5 Å². The van der Waals surface area contributed by atoms with Crippen molar-refractivity contribution in [2.75, 3.05) is 16.1 Å². The summed E-state index contributed by atoms with van der Waals surface area (Å²) in [5.74, 6) is 0. The van der Waals surface area contributed by atoms with Gasteiger partial charge in [-0.05, 0) is 59.0 Å². The van der Waals surface area contributed by atoms with Crippen LogP contribution in [0.15, 0.2) is 95.0 Å². The number of hydrogen-bond donors (Lipinski definition) is 1. The second kappa shape index (κ2) is 8.40. The summed E-state index contributed by atoms with van der Waals surface area (Å²) in [6, 6.07) is 20.3. The van der Waals surface area contributed by atoms with Crippen LogP contribution in [-0.4, -0.2) is 44.1 Å². The van der Waals surface area contributed by atoms with E-state index < -0.39 is 20.0 Å². The molecule has 0 aliphatic heterocycles. The van der Waals surface area contributed by atoms with Crippen LogP contribution in [0.2, 0.25) is 0 Å². The minimum absolute atomic E-state index is 0.0276. The number of nitrogens with zero attached hydrogens (tertiary/aromatic N) is 5. The van der Waals surface area contributed by atoms with E-state index in [9.17, 15) is 16.8 Å². The predicted molar refractivity (Wildman–Crippen MR) is 118 cm³/mol. The van der Waals surface area contributed by atoms with Crippen molar-refractivity contribution in [2.24, 2.45) is 0 Å². The lowest BCUT2D eigenvalue weighted by molar-refractivity contribution is 0.593. The molecule has 0 radical (unpaired) electrons. The van der Waals surface area contributed by atoms with E-state index in [4.69, 9.17) is 0 Å². The number of sulfonamides is 2. The molecule has 0 saturated carbocycles. The van der Waals surface area contributed by atoms with Gasteiger partial charge in [0.15, 0.2) is 0 Å². The molecule has 0 aliphatic carbocycles. The Balaban J connectivity index is 1.62. The van der Waals surface area contributed by atoms with Gasteiger partial charge in [0.2, 0.25) is 0 Å². The van der Waals surface area contributed by atoms with Crippen molar-refractivity contribution in [3.63, 3.8) is 0 Å². The Bertz CT molecular complexity index is 1440. The molecule has 1 aromatic heterocycles. The number of aromatic nitrogens is 4. The molecule has 4 rings (SSSR count). The van der Waals surface area contributed by atoms with Crippen LogP contribution < -0.4 is 9.03 Å². The van der Waals surface area contributed by atoms with Gasteiger partial charge in [-0.15, -0.1) is 5.10 Å². The molecule has 0 atom stereocenters. The molecule has 10 nitrogen and oxygen atoms in total. The van der Waals surface area contributed by atoms with Gasteiger partial charge in [0.25, 0.3) is 20.0 Å². The van der Waals surface area contributed by atoms with Gasteiger partial charge < -0.3 is 0 Å². The van der Waals surface area contributed by atoms with Gasteiger partial charge in [0.05, 0.1) is 26.9 Å². The molecule has 164 valence electrons. The molecule has 0 saturated heterocycles. The van der Waals surface area contributed by atoms with Crippen LogP contribution in [0.4, 0.5) is 11.4 Å². The molecule has 3 aromatic carbocycles. The van der Waals surface area contributed by atoms with Crippen LogP contribution in [-0.2, 0) is 20.0 Å². The van der Waals surface area contributed by atoms with Crippen molar-refractivity contribution in [2.45, 2.75) is 9.79 Å². The van der Waals surface area contributed by atoms with Gasteiger partial charge in [-0.3, -0.25) is 9.03 Å². The first-order valence-corrected chi connectivity index (χ1v) is 12.2. The summed E-state index contributed by atoms with van der Waals surface area (Å²) in [7, 11) is -6.46. The topological polar surface area (TPSA) is 127 Å². The summed E-state index contributed by atoms with van der Waals surface area (Å²) in [6.07, 6.45) is 1.34. The van der Waals surface area contributed by atoms with Crippen molar-refractivity contribution in [3.05, 3.63) is 85.2 Å². The third kappa shape index (κ3) is 4.31. The quantitative estimate of drug-likeness (QED) is 0.439. The number of nitrogens with one attached hydrogen (secondary N) is 1. The Kier molecular flexibility index (Phi) is 5.63. The molecule has 0 aliphatic rings. The molecular weight excluding hydrogens is 452 g/mol. The zero-order valence-corrected chi connectivity index (χ0v) is 18.4. The first-order valence-electron chi connectivity index (χ1n) is 9.28. The van der Waals surface area contributed by atoms with Crippen LogP contribution >= 0.6 is 0 Å². The summed E-state index contributed by atoms with van der Waals surface area (Å²) >= 11 is 0. The Hall–Kier alpha value is -3.77. The first-order chi connectivity index (χ1) is 15.3. The Morgan fingerprint density at radius 3 is 2.28 bits per heavy atom. The minimum Gasteiger partial charge on any atom is -0.280 e. The highest BCUT2D eigenvalue weighted by Gasteiger charge is 2.22. The monoisotopic (exact) mass is 470 g/mol. The number of para-hydroxylation sites is 1. The average Bonchev–Trinajstić information content (AvgIpc) is 3.34. The molecular formula is C20H18N6O4S2. The summed E-state index contributed by atoms with van der Waals surface area (Å²) < 4.78 is 56.7. The van der Waals surface area contributed by atoms with Gasteiger partial charge in [-0.2, -0.15) is 0 Å². The van der Waals surface area contributed by atoms with E-state index in [0.717, 1.165) is 4.31 Å². The maximum atomic E-state index is 13.0. The van der Waals surface area contributed by atoms with Crippen molar-refractivity contribution in [1.82, 2.24) is 20.2 Å². The maximum absolute atomic E-state index is 13.0. The second-order valence-electron chi connectivity index (χ2n) is 6.69. The van der Waals surface area contributed by atoms with Gasteiger partial charge in [-0.25, -0.2) is 21.5 Å². The number of anilines is 2. The molecule has 12 heteroatoms. The summed E-state index contributed by atoms with van der Waals surface area (Å²) in [5.41, 5.74) is 1.05. The number of rotatable bonds is 7. The van der Waals surface area contributed by atoms with Crippen molar-refractivity contribution in [1.29, 1.82) is 0 Å². The molecule has 0 fully saturated rings. The Labute approximate surface area is 185 Å². The molecule has 0 bridgehead atoms. The van der Waals surface area contributed by atoms with E-state index in [0.29, 0.717) is 11.4 Å². The lowest BCUT2D eigenvalue weighted by Gasteiger charge is -2.20. The molecule has 0 amide bonds. The highest BCUT2D eigenvalue weighted by atomic mass is 32.2. The fourth-order valence-corrected chi connectivity index (χ4v) is 5.27. The average molecular weight is 471 g/mol. The molecule has 32 heavy (non-hydrogen) atoms. The number of tetrazole rings is 1.